The van der Waals surface area contributed by atoms with Gasteiger partial charge in [0.25, 0.3) is 5.91 Å². The molecule has 0 aliphatic carbocycles. The maximum absolute atomic E-state index is 12.1. The van der Waals surface area contributed by atoms with E-state index in [1.807, 2.05) is 30.3 Å². The molecule has 0 aliphatic rings. The van der Waals surface area contributed by atoms with E-state index in [9.17, 15) is 9.59 Å². The molecular weight excluding hydrogens is 252 g/mol. The summed E-state index contributed by atoms with van der Waals surface area (Å²) in [6, 6.07) is 12.2. The third kappa shape index (κ3) is 2.96. The van der Waals surface area contributed by atoms with Gasteiger partial charge in [0.05, 0.1) is 0 Å². The zero-order valence-corrected chi connectivity index (χ0v) is 10.8. The summed E-state index contributed by atoms with van der Waals surface area (Å²) >= 11 is 0. The molecule has 0 heterocycles. The van der Waals surface area contributed by atoms with E-state index in [2.05, 4.69) is 11.2 Å². The molecule has 0 aliphatic heterocycles. The first kappa shape index (κ1) is 13.6. The Hall–Kier alpha value is -2.80. The topological polar surface area (TPSA) is 72.2 Å². The summed E-state index contributed by atoms with van der Waals surface area (Å²) in [6.07, 6.45) is 5.22. The zero-order chi connectivity index (χ0) is 14.5. The zero-order valence-electron chi connectivity index (χ0n) is 10.8. The summed E-state index contributed by atoms with van der Waals surface area (Å²) < 4.78 is 0. The lowest BCUT2D eigenvalue weighted by molar-refractivity contribution is -0.119. The van der Waals surface area contributed by atoms with Crippen LogP contribution in [0.5, 0.6) is 0 Å². The maximum atomic E-state index is 12.1. The molecule has 0 saturated carbocycles. The quantitative estimate of drug-likeness (QED) is 0.822. The van der Waals surface area contributed by atoms with Crippen LogP contribution < -0.4 is 11.1 Å². The molecule has 4 heteroatoms. The van der Waals surface area contributed by atoms with Crippen LogP contribution in [-0.2, 0) is 4.79 Å². The minimum absolute atomic E-state index is 0.0780. The molecular formula is C16H14N2O2. The van der Waals surface area contributed by atoms with Crippen molar-refractivity contribution < 1.29 is 9.59 Å². The van der Waals surface area contributed by atoms with E-state index in [1.54, 1.807) is 12.1 Å². The first-order chi connectivity index (χ1) is 9.61. The fourth-order valence-electron chi connectivity index (χ4n) is 1.91. The lowest BCUT2D eigenvalue weighted by Crippen LogP contribution is -2.44. The monoisotopic (exact) mass is 266 g/mol. The first-order valence-corrected chi connectivity index (χ1v) is 6.14. The van der Waals surface area contributed by atoms with Crippen LogP contribution in [-0.4, -0.2) is 17.9 Å². The van der Waals surface area contributed by atoms with Gasteiger partial charge < -0.3 is 11.1 Å². The normalized spacial score (nSPS) is 11.6. The molecule has 0 saturated heterocycles. The molecule has 1 atom stereocenters. The minimum Gasteiger partial charge on any atom is -0.368 e. The number of nitrogens with one attached hydrogen (secondary N) is 1. The summed E-state index contributed by atoms with van der Waals surface area (Å²) in [6.45, 7) is 0. The number of rotatable bonds is 4. The summed E-state index contributed by atoms with van der Waals surface area (Å²) in [5.74, 6) is 1.31. The van der Waals surface area contributed by atoms with Crippen molar-refractivity contribution in [1.82, 2.24) is 5.32 Å². The largest absolute Gasteiger partial charge is 0.368 e. The number of hydrogen-bond donors (Lipinski definition) is 2. The van der Waals surface area contributed by atoms with E-state index in [1.165, 1.54) is 0 Å². The van der Waals surface area contributed by atoms with Crippen molar-refractivity contribution in [2.45, 2.75) is 12.5 Å². The predicted molar refractivity (Wildman–Crippen MR) is 77.8 cm³/mol. The molecule has 0 fully saturated rings. The van der Waals surface area contributed by atoms with Gasteiger partial charge >= 0.3 is 0 Å². The van der Waals surface area contributed by atoms with E-state index in [-0.39, 0.29) is 12.3 Å². The Morgan fingerprint density at radius 3 is 2.55 bits per heavy atom. The minimum atomic E-state index is -0.848. The second kappa shape index (κ2) is 5.89. The van der Waals surface area contributed by atoms with Crippen LogP contribution in [0.25, 0.3) is 10.8 Å². The van der Waals surface area contributed by atoms with Crippen LogP contribution in [0.1, 0.15) is 16.8 Å². The Kier molecular flexibility index (Phi) is 4.02. The van der Waals surface area contributed by atoms with E-state index in [0.717, 1.165) is 10.8 Å². The molecule has 0 unspecified atom stereocenters. The lowest BCUT2D eigenvalue weighted by atomic mass is 10.1. The van der Waals surface area contributed by atoms with Gasteiger partial charge in [-0.3, -0.25) is 9.59 Å². The predicted octanol–water partition coefficient (Wildman–Crippen LogP) is 1.45. The van der Waals surface area contributed by atoms with Gasteiger partial charge in [0.1, 0.15) is 6.04 Å². The molecule has 0 radical (unpaired) electrons. The molecule has 4 nitrogen and oxygen atoms in total. The van der Waals surface area contributed by atoms with Gasteiger partial charge in [-0.15, -0.1) is 12.3 Å². The number of nitrogens with two attached hydrogens (primary N) is 1. The molecule has 2 rings (SSSR count). The number of primary amides is 1. The molecule has 100 valence electrons. The van der Waals surface area contributed by atoms with Crippen molar-refractivity contribution in [3.8, 4) is 12.3 Å². The van der Waals surface area contributed by atoms with Crippen molar-refractivity contribution in [2.75, 3.05) is 0 Å². The molecule has 0 spiro atoms. The Balaban J connectivity index is 2.22. The smallest absolute Gasteiger partial charge is 0.251 e. The highest BCUT2D eigenvalue weighted by Crippen LogP contribution is 2.15. The number of carbonyl (C=O) groups excluding carboxylic acids is 2. The first-order valence-electron chi connectivity index (χ1n) is 6.14. The van der Waals surface area contributed by atoms with Crippen molar-refractivity contribution in [2.24, 2.45) is 5.73 Å². The Labute approximate surface area is 117 Å². The van der Waals surface area contributed by atoms with Gasteiger partial charge in [-0.2, -0.15) is 0 Å². The van der Waals surface area contributed by atoms with Crippen LogP contribution in [0.2, 0.25) is 0 Å². The van der Waals surface area contributed by atoms with Gasteiger partial charge in [0.15, 0.2) is 0 Å². The average Bonchev–Trinajstić information content (AvgIpc) is 2.46. The van der Waals surface area contributed by atoms with E-state index in [0.29, 0.717) is 5.56 Å². The Bertz CT molecular complexity index is 701. The summed E-state index contributed by atoms with van der Waals surface area (Å²) in [7, 11) is 0. The van der Waals surface area contributed by atoms with Crippen LogP contribution in [0.3, 0.4) is 0 Å². The molecule has 2 aromatic rings. The third-order valence-corrected chi connectivity index (χ3v) is 2.98. The highest BCUT2D eigenvalue weighted by atomic mass is 16.2. The van der Waals surface area contributed by atoms with Crippen molar-refractivity contribution in [3.05, 3.63) is 48.0 Å². The second-order valence-corrected chi connectivity index (χ2v) is 4.40. The number of terminal acetylenes is 1. The summed E-state index contributed by atoms with van der Waals surface area (Å²) in [4.78, 5) is 23.3. The van der Waals surface area contributed by atoms with E-state index in [4.69, 9.17) is 12.2 Å². The molecule has 3 N–H and O–H groups in total. The van der Waals surface area contributed by atoms with Crippen molar-refractivity contribution in [3.63, 3.8) is 0 Å². The van der Waals surface area contributed by atoms with Gasteiger partial charge in [-0.25, -0.2) is 0 Å². The van der Waals surface area contributed by atoms with Crippen LogP contribution in [0.15, 0.2) is 42.5 Å². The van der Waals surface area contributed by atoms with Gasteiger partial charge in [-0.1, -0.05) is 30.3 Å². The van der Waals surface area contributed by atoms with Crippen LogP contribution in [0.4, 0.5) is 0 Å². The lowest BCUT2D eigenvalue weighted by Gasteiger charge is -2.13. The van der Waals surface area contributed by atoms with Gasteiger partial charge in [-0.05, 0) is 22.9 Å². The molecule has 0 aromatic heterocycles. The number of fused-ring (bicyclic) bond motifs is 1. The van der Waals surface area contributed by atoms with E-state index >= 15 is 0 Å². The Morgan fingerprint density at radius 2 is 1.90 bits per heavy atom. The molecule has 0 bridgehead atoms. The standard InChI is InChI=1S/C16H14N2O2/c1-2-5-14(15(17)19)18-16(20)13-9-8-11-6-3-4-7-12(11)10-13/h1,3-4,6-10,14H,5H2,(H2,17,19)(H,18,20)/t14-/m1/s1. The van der Waals surface area contributed by atoms with Crippen molar-refractivity contribution >= 4 is 22.6 Å². The molecule has 2 amide bonds. The average molecular weight is 266 g/mol. The Morgan fingerprint density at radius 1 is 1.20 bits per heavy atom. The SMILES string of the molecule is C#CC[C@@H](NC(=O)c1ccc2ccccc2c1)C(N)=O. The summed E-state index contributed by atoms with van der Waals surface area (Å²) in [5.41, 5.74) is 5.66. The third-order valence-electron chi connectivity index (χ3n) is 2.98. The number of benzene rings is 2. The maximum Gasteiger partial charge on any atom is 0.251 e. The second-order valence-electron chi connectivity index (χ2n) is 4.40. The molecule has 2 aromatic carbocycles. The highest BCUT2D eigenvalue weighted by molar-refractivity contribution is 6.00. The van der Waals surface area contributed by atoms with Crippen LogP contribution >= 0.6 is 0 Å². The van der Waals surface area contributed by atoms with Crippen LogP contribution in [0, 0.1) is 12.3 Å². The number of amides is 2. The number of carbonyl (C=O) groups is 2. The molecule has 20 heavy (non-hydrogen) atoms. The van der Waals surface area contributed by atoms with Gasteiger partial charge in [0, 0.05) is 12.0 Å². The summed E-state index contributed by atoms with van der Waals surface area (Å²) in [5, 5.41) is 4.53. The number of hydrogen-bond acceptors (Lipinski definition) is 2. The highest BCUT2D eigenvalue weighted by Gasteiger charge is 2.17. The fraction of sp³-hybridized carbons (Fsp3) is 0.125. The van der Waals surface area contributed by atoms with Crippen molar-refractivity contribution in [1.29, 1.82) is 0 Å². The fourth-order valence-corrected chi connectivity index (χ4v) is 1.91. The van der Waals surface area contributed by atoms with E-state index < -0.39 is 11.9 Å². The van der Waals surface area contributed by atoms with Gasteiger partial charge in [0.2, 0.25) is 5.91 Å².